The first-order chi connectivity index (χ1) is 6.83. The Labute approximate surface area is 91.7 Å². The molecule has 0 spiro atoms. The maximum atomic E-state index is 11.0. The molecule has 1 aliphatic carbocycles. The van der Waals surface area contributed by atoms with Crippen LogP contribution in [-0.4, -0.2) is 17.0 Å². The van der Waals surface area contributed by atoms with E-state index in [0.29, 0.717) is 0 Å². The van der Waals surface area contributed by atoms with Crippen molar-refractivity contribution in [2.45, 2.75) is 58.2 Å². The Morgan fingerprint density at radius 1 is 1.27 bits per heavy atom. The molecule has 0 N–H and O–H groups in total. The number of hydrogen-bond donors (Lipinski definition) is 0. The van der Waals surface area contributed by atoms with Crippen LogP contribution in [0.25, 0.3) is 0 Å². The molecule has 2 unspecified atom stereocenters. The largest absolute Gasteiger partial charge is 0.358 e. The molecular weight excluding hydrogens is 188 g/mol. The number of allylic oxidation sites excluding steroid dienone is 1. The van der Waals surface area contributed by atoms with Crippen molar-refractivity contribution in [3.8, 4) is 0 Å². The van der Waals surface area contributed by atoms with Crippen LogP contribution in [0.15, 0.2) is 12.2 Å². The van der Waals surface area contributed by atoms with Crippen LogP contribution in [0, 0.1) is 5.41 Å². The Kier molecular flexibility index (Phi) is 2.13. The van der Waals surface area contributed by atoms with E-state index in [9.17, 15) is 4.79 Å². The van der Waals surface area contributed by atoms with Gasteiger partial charge >= 0.3 is 0 Å². The summed E-state index contributed by atoms with van der Waals surface area (Å²) in [6.45, 7) is 8.23. The van der Waals surface area contributed by atoms with Gasteiger partial charge in [-0.1, -0.05) is 13.8 Å². The zero-order valence-electron chi connectivity index (χ0n) is 10.1. The van der Waals surface area contributed by atoms with Crippen LogP contribution in [0.2, 0.25) is 0 Å². The molecule has 0 bridgehead atoms. The maximum Gasteiger partial charge on any atom is 0.152 e. The van der Waals surface area contributed by atoms with Crippen LogP contribution in [0.5, 0.6) is 0 Å². The summed E-state index contributed by atoms with van der Waals surface area (Å²) >= 11 is 0. The van der Waals surface area contributed by atoms with Gasteiger partial charge < -0.3 is 4.74 Å². The van der Waals surface area contributed by atoms with Crippen molar-refractivity contribution in [1.29, 1.82) is 0 Å². The lowest BCUT2D eigenvalue weighted by Crippen LogP contribution is -2.41. The zero-order valence-corrected chi connectivity index (χ0v) is 10.1. The molecule has 1 saturated carbocycles. The van der Waals surface area contributed by atoms with Gasteiger partial charge in [0.25, 0.3) is 0 Å². The molecule has 0 radical (unpaired) electrons. The number of fused-ring (bicyclic) bond motifs is 1. The third-order valence-corrected chi connectivity index (χ3v) is 4.14. The molecular formula is C13H20O2. The van der Waals surface area contributed by atoms with Crippen LogP contribution in [0.1, 0.15) is 47.0 Å². The smallest absolute Gasteiger partial charge is 0.152 e. The molecule has 15 heavy (non-hydrogen) atoms. The number of ether oxygens (including phenoxy) is 1. The van der Waals surface area contributed by atoms with Gasteiger partial charge in [0.2, 0.25) is 0 Å². The van der Waals surface area contributed by atoms with Crippen LogP contribution >= 0.6 is 0 Å². The summed E-state index contributed by atoms with van der Waals surface area (Å²) in [5.74, 6) is 0.101. The minimum absolute atomic E-state index is 0.0271. The lowest BCUT2D eigenvalue weighted by atomic mass is 9.64. The fourth-order valence-corrected chi connectivity index (χ4v) is 3.14. The van der Waals surface area contributed by atoms with Crippen molar-refractivity contribution in [2.24, 2.45) is 5.41 Å². The highest BCUT2D eigenvalue weighted by Crippen LogP contribution is 2.65. The Morgan fingerprint density at radius 3 is 2.47 bits per heavy atom. The van der Waals surface area contributed by atoms with Crippen molar-refractivity contribution >= 4 is 5.78 Å². The second-order valence-corrected chi connectivity index (χ2v) is 5.75. The standard InChI is InChI=1S/C13H20O2/c1-10(14)6-9-13-11(2,3)7-5-8-12(13,4)15-13/h6,9H,5,7-8H2,1-4H3/b9-6+. The molecule has 1 heterocycles. The van der Waals surface area contributed by atoms with E-state index in [-0.39, 0.29) is 22.4 Å². The summed E-state index contributed by atoms with van der Waals surface area (Å²) in [7, 11) is 0. The molecule has 0 aromatic rings. The number of epoxide rings is 1. The first kappa shape index (κ1) is 10.9. The predicted molar refractivity (Wildman–Crippen MR) is 59.7 cm³/mol. The van der Waals surface area contributed by atoms with Gasteiger partial charge in [0.15, 0.2) is 5.78 Å². The van der Waals surface area contributed by atoms with Gasteiger partial charge in [0.1, 0.15) is 5.60 Å². The number of rotatable bonds is 2. The highest BCUT2D eigenvalue weighted by Gasteiger charge is 2.73. The first-order valence-corrected chi connectivity index (χ1v) is 5.73. The minimum atomic E-state index is -0.191. The lowest BCUT2D eigenvalue weighted by molar-refractivity contribution is -0.112. The van der Waals surface area contributed by atoms with Crippen LogP contribution < -0.4 is 0 Å². The average molecular weight is 208 g/mol. The molecule has 0 aromatic heterocycles. The lowest BCUT2D eigenvalue weighted by Gasteiger charge is -2.36. The predicted octanol–water partition coefficient (Wildman–Crippen LogP) is 2.87. The molecule has 1 aliphatic heterocycles. The Hall–Kier alpha value is -0.630. The maximum absolute atomic E-state index is 11.0. The molecule has 2 nitrogen and oxygen atoms in total. The quantitative estimate of drug-likeness (QED) is 0.516. The average Bonchev–Trinajstić information content (AvgIpc) is 2.70. The van der Waals surface area contributed by atoms with Gasteiger partial charge in [-0.05, 0) is 45.3 Å². The highest BCUT2D eigenvalue weighted by atomic mass is 16.6. The number of carbonyl (C=O) groups excluding carboxylic acids is 1. The monoisotopic (exact) mass is 208 g/mol. The second kappa shape index (κ2) is 2.94. The van der Waals surface area contributed by atoms with Crippen LogP contribution in [-0.2, 0) is 9.53 Å². The summed E-state index contributed by atoms with van der Waals surface area (Å²) < 4.78 is 5.98. The van der Waals surface area contributed by atoms with E-state index >= 15 is 0 Å². The second-order valence-electron chi connectivity index (χ2n) is 5.75. The van der Waals surface area contributed by atoms with E-state index in [0.717, 1.165) is 6.42 Å². The normalized spacial score (nSPS) is 42.7. The van der Waals surface area contributed by atoms with Crippen molar-refractivity contribution in [1.82, 2.24) is 0 Å². The first-order valence-electron chi connectivity index (χ1n) is 5.73. The SMILES string of the molecule is CC(=O)/C=C/C12OC1(C)CCCC2(C)C. The Bertz CT molecular complexity index is 329. The number of ketones is 1. The molecule has 0 amide bonds. The van der Waals surface area contributed by atoms with Crippen molar-refractivity contribution in [3.63, 3.8) is 0 Å². The van der Waals surface area contributed by atoms with Crippen molar-refractivity contribution in [2.75, 3.05) is 0 Å². The minimum Gasteiger partial charge on any atom is -0.358 e. The fraction of sp³-hybridized carbons (Fsp3) is 0.769. The number of hydrogen-bond acceptors (Lipinski definition) is 2. The van der Waals surface area contributed by atoms with E-state index in [1.165, 1.54) is 12.8 Å². The van der Waals surface area contributed by atoms with Gasteiger partial charge in [-0.2, -0.15) is 0 Å². The van der Waals surface area contributed by atoms with Gasteiger partial charge in [-0.15, -0.1) is 0 Å². The summed E-state index contributed by atoms with van der Waals surface area (Å²) in [6.07, 6.45) is 7.16. The molecule has 2 fully saturated rings. The van der Waals surface area contributed by atoms with Crippen LogP contribution in [0.4, 0.5) is 0 Å². The molecule has 2 rings (SSSR count). The molecule has 1 saturated heterocycles. The Balaban J connectivity index is 2.29. The third kappa shape index (κ3) is 1.38. The summed E-state index contributed by atoms with van der Waals surface area (Å²) in [5.41, 5.74) is -0.0728. The van der Waals surface area contributed by atoms with E-state index in [2.05, 4.69) is 20.8 Å². The highest BCUT2D eigenvalue weighted by molar-refractivity contribution is 5.87. The van der Waals surface area contributed by atoms with E-state index in [1.807, 2.05) is 6.08 Å². The van der Waals surface area contributed by atoms with Crippen LogP contribution in [0.3, 0.4) is 0 Å². The zero-order chi connectivity index (χ0) is 11.3. The topological polar surface area (TPSA) is 29.6 Å². The summed E-state index contributed by atoms with van der Waals surface area (Å²) in [4.78, 5) is 11.0. The Morgan fingerprint density at radius 2 is 1.93 bits per heavy atom. The van der Waals surface area contributed by atoms with E-state index < -0.39 is 0 Å². The molecule has 0 aromatic carbocycles. The molecule has 2 atom stereocenters. The summed E-state index contributed by atoms with van der Waals surface area (Å²) in [6, 6.07) is 0. The number of carbonyl (C=O) groups is 1. The van der Waals surface area contributed by atoms with Crippen molar-refractivity contribution in [3.05, 3.63) is 12.2 Å². The van der Waals surface area contributed by atoms with E-state index in [4.69, 9.17) is 4.74 Å². The van der Waals surface area contributed by atoms with Gasteiger partial charge in [-0.25, -0.2) is 0 Å². The molecule has 2 heteroatoms. The van der Waals surface area contributed by atoms with E-state index in [1.54, 1.807) is 13.0 Å². The van der Waals surface area contributed by atoms with Gasteiger partial charge in [-0.3, -0.25) is 4.79 Å². The van der Waals surface area contributed by atoms with Gasteiger partial charge in [0.05, 0.1) is 5.60 Å². The molecule has 84 valence electrons. The van der Waals surface area contributed by atoms with Crippen molar-refractivity contribution < 1.29 is 9.53 Å². The third-order valence-electron chi connectivity index (χ3n) is 4.14. The van der Waals surface area contributed by atoms with Gasteiger partial charge in [0, 0.05) is 5.41 Å². The molecule has 2 aliphatic rings. The summed E-state index contributed by atoms with van der Waals surface area (Å²) in [5, 5.41) is 0. The fourth-order valence-electron chi connectivity index (χ4n) is 3.14.